The van der Waals surface area contributed by atoms with Crippen molar-refractivity contribution in [3.05, 3.63) is 90.4 Å². The van der Waals surface area contributed by atoms with Crippen LogP contribution in [0.3, 0.4) is 0 Å². The summed E-state index contributed by atoms with van der Waals surface area (Å²) in [4.78, 5) is 17.2. The van der Waals surface area contributed by atoms with Gasteiger partial charge >= 0.3 is 0 Å². The summed E-state index contributed by atoms with van der Waals surface area (Å²) < 4.78 is 11.6. The summed E-state index contributed by atoms with van der Waals surface area (Å²) in [7, 11) is 0. The van der Waals surface area contributed by atoms with Crippen LogP contribution < -0.4 is 4.90 Å². The van der Waals surface area contributed by atoms with Crippen LogP contribution in [0, 0.1) is 0 Å². The Morgan fingerprint density at radius 3 is 2.33 bits per heavy atom. The molecule has 0 atom stereocenters. The van der Waals surface area contributed by atoms with Gasteiger partial charge in [0.1, 0.15) is 5.76 Å². The topological polar surface area (TPSA) is 45.9 Å². The van der Waals surface area contributed by atoms with Crippen LogP contribution in [-0.2, 0) is 22.7 Å². The number of carbonyl (C=O) groups excluding carboxylic acids is 1. The number of rotatable bonds is 8. The van der Waals surface area contributed by atoms with Crippen molar-refractivity contribution in [1.82, 2.24) is 4.90 Å². The van der Waals surface area contributed by atoms with Crippen molar-refractivity contribution in [2.45, 2.75) is 32.1 Å². The van der Waals surface area contributed by atoms with Crippen LogP contribution in [0.4, 0.5) is 5.69 Å². The van der Waals surface area contributed by atoms with E-state index in [1.165, 1.54) is 5.56 Å². The molecule has 3 aromatic rings. The van der Waals surface area contributed by atoms with Gasteiger partial charge in [-0.15, -0.1) is 0 Å². The third-order valence-electron chi connectivity index (χ3n) is 5.48. The van der Waals surface area contributed by atoms with Gasteiger partial charge in [0.2, 0.25) is 5.91 Å². The van der Waals surface area contributed by atoms with E-state index >= 15 is 0 Å². The molecule has 0 bridgehead atoms. The second-order valence-electron chi connectivity index (χ2n) is 7.67. The van der Waals surface area contributed by atoms with Crippen LogP contribution in [0.2, 0.25) is 0 Å². The molecule has 2 heterocycles. The number of carbonyl (C=O) groups is 1. The van der Waals surface area contributed by atoms with Gasteiger partial charge in [-0.1, -0.05) is 48.5 Å². The fraction of sp³-hybridized carbons (Fsp3) is 0.320. The molecule has 1 aliphatic rings. The van der Waals surface area contributed by atoms with Crippen molar-refractivity contribution in [3.8, 4) is 0 Å². The number of para-hydroxylation sites is 1. The Morgan fingerprint density at radius 1 is 0.967 bits per heavy atom. The SMILES string of the molecule is O=C(CN1CCC(OCc2ccccc2)CC1)N(Cc1ccco1)c1ccccc1. The first kappa shape index (κ1) is 20.4. The lowest BCUT2D eigenvalue weighted by Crippen LogP contribution is -2.44. The van der Waals surface area contributed by atoms with Crippen LogP contribution in [-0.4, -0.2) is 36.5 Å². The lowest BCUT2D eigenvalue weighted by molar-refractivity contribution is -0.120. The number of hydrogen-bond donors (Lipinski definition) is 0. The Bertz CT molecular complexity index is 889. The van der Waals surface area contributed by atoms with E-state index in [1.807, 2.05) is 60.7 Å². The third kappa shape index (κ3) is 5.59. The average Bonchev–Trinajstić information content (AvgIpc) is 3.32. The number of hydrogen-bond acceptors (Lipinski definition) is 4. The lowest BCUT2D eigenvalue weighted by Gasteiger charge is -2.33. The molecule has 0 N–H and O–H groups in total. The van der Waals surface area contributed by atoms with Gasteiger partial charge in [-0.3, -0.25) is 9.69 Å². The average molecular weight is 405 g/mol. The minimum atomic E-state index is 0.0845. The van der Waals surface area contributed by atoms with Crippen molar-refractivity contribution in [2.24, 2.45) is 0 Å². The number of likely N-dealkylation sites (tertiary alicyclic amines) is 1. The molecule has 156 valence electrons. The number of ether oxygens (including phenoxy) is 1. The van der Waals surface area contributed by atoms with Gasteiger partial charge in [0.15, 0.2) is 0 Å². The molecule has 5 nitrogen and oxygen atoms in total. The fourth-order valence-corrected chi connectivity index (χ4v) is 3.79. The summed E-state index contributed by atoms with van der Waals surface area (Å²) in [5.41, 5.74) is 2.09. The molecule has 0 radical (unpaired) electrons. The number of piperidine rings is 1. The highest BCUT2D eigenvalue weighted by molar-refractivity contribution is 5.94. The highest BCUT2D eigenvalue weighted by atomic mass is 16.5. The zero-order chi connectivity index (χ0) is 20.6. The van der Waals surface area contributed by atoms with Gasteiger partial charge in [0.25, 0.3) is 0 Å². The van der Waals surface area contributed by atoms with Crippen LogP contribution in [0.5, 0.6) is 0 Å². The first-order chi connectivity index (χ1) is 14.8. The molecule has 30 heavy (non-hydrogen) atoms. The summed E-state index contributed by atoms with van der Waals surface area (Å²) in [5, 5.41) is 0. The Hall–Kier alpha value is -2.89. The molecule has 0 spiro atoms. The highest BCUT2D eigenvalue weighted by Gasteiger charge is 2.24. The van der Waals surface area contributed by atoms with Gasteiger partial charge in [-0.2, -0.15) is 0 Å². The molecule has 0 aliphatic carbocycles. The molecule has 5 heteroatoms. The van der Waals surface area contributed by atoms with Crippen molar-refractivity contribution in [2.75, 3.05) is 24.5 Å². The van der Waals surface area contributed by atoms with Crippen LogP contribution >= 0.6 is 0 Å². The summed E-state index contributed by atoms with van der Waals surface area (Å²) in [6, 6.07) is 23.8. The molecule has 1 fully saturated rings. The highest BCUT2D eigenvalue weighted by Crippen LogP contribution is 2.20. The summed E-state index contributed by atoms with van der Waals surface area (Å²) in [6.07, 6.45) is 3.79. The maximum Gasteiger partial charge on any atom is 0.241 e. The molecule has 1 amide bonds. The van der Waals surface area contributed by atoms with Crippen molar-refractivity contribution in [1.29, 1.82) is 0 Å². The number of amides is 1. The van der Waals surface area contributed by atoms with Gasteiger partial charge in [-0.25, -0.2) is 0 Å². The number of benzene rings is 2. The smallest absolute Gasteiger partial charge is 0.241 e. The van der Waals surface area contributed by atoms with Crippen molar-refractivity contribution >= 4 is 11.6 Å². The number of nitrogens with zero attached hydrogens (tertiary/aromatic N) is 2. The second kappa shape index (κ2) is 10.2. The van der Waals surface area contributed by atoms with Gasteiger partial charge in [-0.05, 0) is 42.7 Å². The van der Waals surface area contributed by atoms with Gasteiger partial charge < -0.3 is 14.1 Å². The van der Waals surface area contributed by atoms with Gasteiger partial charge in [0, 0.05) is 18.8 Å². The predicted octanol–water partition coefficient (Wildman–Crippen LogP) is 4.49. The molecule has 2 aromatic carbocycles. The van der Waals surface area contributed by atoms with Crippen molar-refractivity contribution < 1.29 is 13.9 Å². The third-order valence-corrected chi connectivity index (χ3v) is 5.48. The van der Waals surface area contributed by atoms with E-state index in [0.29, 0.717) is 19.7 Å². The van der Waals surface area contributed by atoms with Crippen LogP contribution in [0.1, 0.15) is 24.2 Å². The minimum absolute atomic E-state index is 0.0845. The normalized spacial score (nSPS) is 15.2. The van der Waals surface area contributed by atoms with E-state index in [2.05, 4.69) is 17.0 Å². The molecular weight excluding hydrogens is 376 g/mol. The van der Waals surface area contributed by atoms with E-state index in [1.54, 1.807) is 11.2 Å². The number of anilines is 1. The maximum absolute atomic E-state index is 13.1. The minimum Gasteiger partial charge on any atom is -0.467 e. The van der Waals surface area contributed by atoms with Crippen molar-refractivity contribution in [3.63, 3.8) is 0 Å². The quantitative estimate of drug-likeness (QED) is 0.555. The standard InChI is InChI=1S/C25H28N2O3/c28-25(27(18-24-12-7-17-29-24)22-10-5-2-6-11-22)19-26-15-13-23(14-16-26)30-20-21-8-3-1-4-9-21/h1-12,17,23H,13-16,18-20H2. The number of furan rings is 1. The monoisotopic (exact) mass is 404 g/mol. The molecular formula is C25H28N2O3. The zero-order valence-electron chi connectivity index (χ0n) is 17.2. The summed E-state index contributed by atoms with van der Waals surface area (Å²) >= 11 is 0. The van der Waals surface area contributed by atoms with E-state index in [-0.39, 0.29) is 12.0 Å². The Morgan fingerprint density at radius 2 is 1.67 bits per heavy atom. The van der Waals surface area contributed by atoms with Crippen LogP contribution in [0.15, 0.2) is 83.5 Å². The van der Waals surface area contributed by atoms with E-state index in [9.17, 15) is 4.79 Å². The molecule has 4 rings (SSSR count). The molecule has 1 saturated heterocycles. The fourth-order valence-electron chi connectivity index (χ4n) is 3.79. The van der Waals surface area contributed by atoms with E-state index in [4.69, 9.17) is 9.15 Å². The van der Waals surface area contributed by atoms with E-state index < -0.39 is 0 Å². The Kier molecular flexibility index (Phi) is 6.95. The molecule has 1 aromatic heterocycles. The summed E-state index contributed by atoms with van der Waals surface area (Å²) in [5.74, 6) is 0.862. The first-order valence-electron chi connectivity index (χ1n) is 10.5. The second-order valence-corrected chi connectivity index (χ2v) is 7.67. The first-order valence-corrected chi connectivity index (χ1v) is 10.5. The largest absolute Gasteiger partial charge is 0.467 e. The van der Waals surface area contributed by atoms with E-state index in [0.717, 1.165) is 37.4 Å². The molecule has 0 saturated carbocycles. The Balaban J connectivity index is 1.30. The Labute approximate surface area is 177 Å². The van der Waals surface area contributed by atoms with Gasteiger partial charge in [0.05, 0.1) is 32.1 Å². The predicted molar refractivity (Wildman–Crippen MR) is 117 cm³/mol. The summed E-state index contributed by atoms with van der Waals surface area (Å²) in [6.45, 7) is 3.23. The van der Waals surface area contributed by atoms with Crippen LogP contribution in [0.25, 0.3) is 0 Å². The molecule has 0 unspecified atom stereocenters. The zero-order valence-corrected chi connectivity index (χ0v) is 17.2. The lowest BCUT2D eigenvalue weighted by atomic mass is 10.1. The maximum atomic E-state index is 13.1. The molecule has 1 aliphatic heterocycles.